The third-order valence-electron chi connectivity index (χ3n) is 7.14. The summed E-state index contributed by atoms with van der Waals surface area (Å²) in [6.07, 6.45) is 1.55. The fourth-order valence-electron chi connectivity index (χ4n) is 5.00. The van der Waals surface area contributed by atoms with Crippen molar-refractivity contribution in [1.29, 1.82) is 0 Å². The number of carbonyl (C=O) groups is 2. The Kier molecular flexibility index (Phi) is 9.98. The quantitative estimate of drug-likeness (QED) is 0.401. The molecule has 1 aromatic carbocycles. The number of benzene rings is 1. The molecule has 2 saturated heterocycles. The lowest BCUT2D eigenvalue weighted by molar-refractivity contribution is -0.200. The highest BCUT2D eigenvalue weighted by molar-refractivity contribution is 9.11. The van der Waals surface area contributed by atoms with E-state index >= 15 is 0 Å². The van der Waals surface area contributed by atoms with Gasteiger partial charge in [-0.15, -0.1) is 11.3 Å². The maximum absolute atomic E-state index is 13.9. The molecule has 2 amide bonds. The second-order valence-electron chi connectivity index (χ2n) is 9.46. The molecule has 2 aromatic rings. The Balaban J connectivity index is 1.61. The average molecular weight is 662 g/mol. The number of ether oxygens (including phenoxy) is 4. The van der Waals surface area contributed by atoms with E-state index in [1.54, 1.807) is 24.3 Å². The summed E-state index contributed by atoms with van der Waals surface area (Å²) in [7, 11) is 0.418. The third kappa shape index (κ3) is 6.25. The van der Waals surface area contributed by atoms with Gasteiger partial charge in [-0.1, -0.05) is 0 Å². The van der Waals surface area contributed by atoms with Gasteiger partial charge < -0.3 is 23.8 Å². The highest BCUT2D eigenvalue weighted by atomic mass is 79.9. The molecule has 1 aromatic heterocycles. The molecule has 0 aliphatic carbocycles. The first-order chi connectivity index (χ1) is 19.2. The van der Waals surface area contributed by atoms with Gasteiger partial charge in [0.05, 0.1) is 42.9 Å². The Hall–Kier alpha value is -2.39. The van der Waals surface area contributed by atoms with Gasteiger partial charge in [0.15, 0.2) is 27.6 Å². The number of rotatable bonds is 9. The van der Waals surface area contributed by atoms with Crippen LogP contribution in [0.25, 0.3) is 0 Å². The van der Waals surface area contributed by atoms with E-state index in [0.717, 1.165) is 16.6 Å². The van der Waals surface area contributed by atoms with Crippen molar-refractivity contribution < 1.29 is 41.8 Å². The maximum Gasteiger partial charge on any atom is 0.257 e. The van der Waals surface area contributed by atoms with Gasteiger partial charge in [-0.2, -0.15) is 0 Å². The first-order valence-electron chi connectivity index (χ1n) is 12.8. The molecule has 220 valence electrons. The Labute approximate surface area is 246 Å². The summed E-state index contributed by atoms with van der Waals surface area (Å²) in [6, 6.07) is 6.62. The molecule has 0 radical (unpaired) electrons. The number of nitrogens with zero attached hydrogens (tertiary/aromatic N) is 1. The number of nitrogens with one attached hydrogen (secondary N) is 1. The summed E-state index contributed by atoms with van der Waals surface area (Å²) in [4.78, 5) is 34.2. The molecular formula is C26H33BrN2O9S2. The minimum Gasteiger partial charge on any atom is -0.493 e. The van der Waals surface area contributed by atoms with Gasteiger partial charge >= 0.3 is 0 Å². The van der Waals surface area contributed by atoms with E-state index in [9.17, 15) is 18.0 Å². The molecule has 40 heavy (non-hydrogen) atoms. The monoisotopic (exact) mass is 660 g/mol. The molecule has 3 heterocycles. The van der Waals surface area contributed by atoms with Crippen LogP contribution in [0.4, 0.5) is 0 Å². The Morgan fingerprint density at radius 3 is 2.50 bits per heavy atom. The number of amides is 2. The minimum atomic E-state index is -3.92. The number of carbonyl (C=O) groups excluding carboxylic acids is 2. The largest absolute Gasteiger partial charge is 0.493 e. The van der Waals surface area contributed by atoms with Crippen molar-refractivity contribution in [2.75, 3.05) is 46.8 Å². The summed E-state index contributed by atoms with van der Waals surface area (Å²) in [6.45, 7) is 0.572. The number of methoxy groups -OCH3 is 3. The molecular weight excluding hydrogens is 628 g/mol. The van der Waals surface area contributed by atoms with Crippen LogP contribution >= 0.6 is 27.3 Å². The van der Waals surface area contributed by atoms with Crippen LogP contribution in [0.3, 0.4) is 0 Å². The van der Waals surface area contributed by atoms with Crippen LogP contribution in [0.2, 0.25) is 0 Å². The standard InChI is InChI=1S/C26H33BrN2O9S2/c1-34-18-8-7-17(23(35-2)24(18)36-3)25(31)29-12-11-26(40(32,33)15-13-29,19-9-10-20(27)39-19)16-21(30)28-38-22-6-4-5-14-37-22/h7-10,22H,4-6,11-16H2,1-3H3,(H,28,30). The molecule has 0 saturated carbocycles. The van der Waals surface area contributed by atoms with E-state index in [2.05, 4.69) is 21.4 Å². The van der Waals surface area contributed by atoms with Gasteiger partial charge in [-0.3, -0.25) is 9.59 Å². The highest BCUT2D eigenvalue weighted by Gasteiger charge is 2.50. The average Bonchev–Trinajstić information content (AvgIpc) is 3.35. The zero-order valence-electron chi connectivity index (χ0n) is 22.6. The van der Waals surface area contributed by atoms with Gasteiger partial charge in [0.1, 0.15) is 4.75 Å². The summed E-state index contributed by atoms with van der Waals surface area (Å²) < 4.78 is 48.7. The predicted octanol–water partition coefficient (Wildman–Crippen LogP) is 3.66. The molecule has 0 spiro atoms. The first kappa shape index (κ1) is 30.6. The number of hydroxylamine groups is 1. The summed E-state index contributed by atoms with van der Waals surface area (Å²) in [5.41, 5.74) is 2.61. The van der Waals surface area contributed by atoms with Crippen molar-refractivity contribution in [1.82, 2.24) is 10.4 Å². The van der Waals surface area contributed by atoms with E-state index in [-0.39, 0.29) is 48.7 Å². The summed E-state index contributed by atoms with van der Waals surface area (Å²) in [5, 5.41) is 0. The van der Waals surface area contributed by atoms with Crippen molar-refractivity contribution in [3.63, 3.8) is 0 Å². The highest BCUT2D eigenvalue weighted by Crippen LogP contribution is 2.45. The number of sulfone groups is 1. The Morgan fingerprint density at radius 1 is 1.10 bits per heavy atom. The lowest BCUT2D eigenvalue weighted by atomic mass is 9.97. The van der Waals surface area contributed by atoms with E-state index in [4.69, 9.17) is 23.8 Å². The number of halogens is 1. The van der Waals surface area contributed by atoms with Gasteiger partial charge in [-0.25, -0.2) is 18.7 Å². The predicted molar refractivity (Wildman–Crippen MR) is 152 cm³/mol. The van der Waals surface area contributed by atoms with Gasteiger partial charge in [0.2, 0.25) is 11.7 Å². The first-order valence-corrected chi connectivity index (χ1v) is 16.0. The zero-order chi connectivity index (χ0) is 28.9. The van der Waals surface area contributed by atoms with Crippen LogP contribution in [0.15, 0.2) is 28.1 Å². The summed E-state index contributed by atoms with van der Waals surface area (Å²) in [5.74, 6) is -0.488. The normalized spacial score (nSPS) is 22.7. The lowest BCUT2D eigenvalue weighted by Gasteiger charge is -2.31. The molecule has 0 bridgehead atoms. The Bertz CT molecular complexity index is 1330. The van der Waals surface area contributed by atoms with Crippen molar-refractivity contribution in [3.05, 3.63) is 38.5 Å². The van der Waals surface area contributed by atoms with Crippen molar-refractivity contribution >= 4 is 48.9 Å². The van der Waals surface area contributed by atoms with Crippen LogP contribution in [0.5, 0.6) is 17.2 Å². The van der Waals surface area contributed by atoms with Crippen molar-refractivity contribution in [2.24, 2.45) is 0 Å². The van der Waals surface area contributed by atoms with Crippen molar-refractivity contribution in [2.45, 2.75) is 43.1 Å². The zero-order valence-corrected chi connectivity index (χ0v) is 25.8. The maximum atomic E-state index is 13.9. The molecule has 2 fully saturated rings. The molecule has 2 atom stereocenters. The second-order valence-corrected chi connectivity index (χ2v) is 14.3. The fourth-order valence-corrected chi connectivity index (χ4v) is 8.99. The lowest BCUT2D eigenvalue weighted by Crippen LogP contribution is -2.43. The molecule has 2 aliphatic heterocycles. The van der Waals surface area contributed by atoms with E-state index in [1.807, 2.05) is 0 Å². The number of thiophene rings is 1. The van der Waals surface area contributed by atoms with E-state index in [0.29, 0.717) is 23.7 Å². The molecule has 2 unspecified atom stereocenters. The molecule has 4 rings (SSSR count). The SMILES string of the molecule is COc1ccc(C(=O)N2CCC(CC(=O)NOC3CCCCO3)(c3ccc(Br)s3)S(=O)(=O)CC2)c(OC)c1OC. The number of hydrogen-bond acceptors (Lipinski definition) is 10. The van der Waals surface area contributed by atoms with Crippen LogP contribution in [-0.4, -0.2) is 78.2 Å². The van der Waals surface area contributed by atoms with Crippen molar-refractivity contribution in [3.8, 4) is 17.2 Å². The number of hydrogen-bond donors (Lipinski definition) is 1. The van der Waals surface area contributed by atoms with Gasteiger partial charge in [0.25, 0.3) is 5.91 Å². The smallest absolute Gasteiger partial charge is 0.257 e. The minimum absolute atomic E-state index is 0.0109. The molecule has 1 N–H and O–H groups in total. The molecule has 2 aliphatic rings. The van der Waals surface area contributed by atoms with E-state index in [1.165, 1.54) is 37.6 Å². The third-order valence-corrected chi connectivity index (χ3v) is 11.6. The van der Waals surface area contributed by atoms with Crippen LogP contribution in [-0.2, 0) is 29.0 Å². The van der Waals surface area contributed by atoms with Gasteiger partial charge in [-0.05, 0) is 59.5 Å². The summed E-state index contributed by atoms with van der Waals surface area (Å²) >= 11 is 4.67. The molecule has 11 nitrogen and oxygen atoms in total. The Morgan fingerprint density at radius 2 is 1.88 bits per heavy atom. The van der Waals surface area contributed by atoms with Gasteiger partial charge in [0, 0.05) is 31.0 Å². The topological polar surface area (TPSA) is 130 Å². The fraction of sp³-hybridized carbons (Fsp3) is 0.538. The molecule has 14 heteroatoms. The second kappa shape index (κ2) is 13.1. The van der Waals surface area contributed by atoms with Crippen LogP contribution in [0, 0.1) is 0 Å². The van der Waals surface area contributed by atoms with Crippen LogP contribution < -0.4 is 19.7 Å². The van der Waals surface area contributed by atoms with Crippen LogP contribution in [0.1, 0.15) is 47.3 Å². The van der Waals surface area contributed by atoms with E-state index < -0.39 is 32.7 Å².